The van der Waals surface area contributed by atoms with E-state index in [2.05, 4.69) is 10.3 Å². The van der Waals surface area contributed by atoms with E-state index in [4.69, 9.17) is 4.74 Å². The number of esters is 1. The summed E-state index contributed by atoms with van der Waals surface area (Å²) in [5.41, 5.74) is -1.27. The molecule has 1 aliphatic rings. The highest BCUT2D eigenvalue weighted by molar-refractivity contribution is 5.82. The maximum absolute atomic E-state index is 14.7. The first-order chi connectivity index (χ1) is 8.18. The van der Waals surface area contributed by atoms with Gasteiger partial charge in [0.25, 0.3) is 0 Å². The number of ether oxygens (including phenoxy) is 1. The van der Waals surface area contributed by atoms with E-state index in [1.807, 2.05) is 0 Å². The van der Waals surface area contributed by atoms with Crippen LogP contribution in [0.15, 0.2) is 24.5 Å². The van der Waals surface area contributed by atoms with Gasteiger partial charge in [0.15, 0.2) is 0 Å². The molecule has 0 aromatic carbocycles. The van der Waals surface area contributed by atoms with E-state index in [1.54, 1.807) is 31.5 Å². The molecule has 0 unspecified atom stereocenters. The standard InChI is InChI=1S/C12H15FN2O2/c1-2-17-11(16)12(13)8-15-7-10(12)9-4-3-5-14-6-9/h3-6,10,15H,2,7-8H2,1H3/t10-,12-/m1/s1. The fourth-order valence-electron chi connectivity index (χ4n) is 2.11. The lowest BCUT2D eigenvalue weighted by molar-refractivity contribution is -0.157. The van der Waals surface area contributed by atoms with E-state index in [9.17, 15) is 9.18 Å². The molecule has 4 nitrogen and oxygen atoms in total. The van der Waals surface area contributed by atoms with Crippen molar-refractivity contribution in [3.63, 3.8) is 0 Å². The van der Waals surface area contributed by atoms with Gasteiger partial charge in [0.05, 0.1) is 6.61 Å². The lowest BCUT2D eigenvalue weighted by Gasteiger charge is -2.24. The van der Waals surface area contributed by atoms with Gasteiger partial charge < -0.3 is 10.1 Å². The number of aromatic nitrogens is 1. The Bertz CT molecular complexity index is 399. The summed E-state index contributed by atoms with van der Waals surface area (Å²) < 4.78 is 19.5. The largest absolute Gasteiger partial charge is 0.464 e. The van der Waals surface area contributed by atoms with Crippen LogP contribution in [0.1, 0.15) is 18.4 Å². The van der Waals surface area contributed by atoms with Crippen molar-refractivity contribution in [2.45, 2.75) is 18.5 Å². The Labute approximate surface area is 99.2 Å². The Kier molecular flexibility index (Phi) is 3.38. The number of nitrogens with one attached hydrogen (secondary N) is 1. The van der Waals surface area contributed by atoms with Gasteiger partial charge in [-0.1, -0.05) is 6.07 Å². The average molecular weight is 238 g/mol. The number of hydrogen-bond acceptors (Lipinski definition) is 4. The van der Waals surface area contributed by atoms with Crippen molar-refractivity contribution in [1.29, 1.82) is 0 Å². The van der Waals surface area contributed by atoms with Crippen LogP contribution < -0.4 is 5.32 Å². The summed E-state index contributed by atoms with van der Waals surface area (Å²) >= 11 is 0. The Morgan fingerprint density at radius 3 is 3.24 bits per heavy atom. The molecule has 5 heteroatoms. The molecule has 0 saturated carbocycles. The Morgan fingerprint density at radius 1 is 1.76 bits per heavy atom. The molecule has 2 atom stereocenters. The highest BCUT2D eigenvalue weighted by atomic mass is 19.1. The van der Waals surface area contributed by atoms with Crippen LogP contribution in [0.5, 0.6) is 0 Å². The summed E-state index contributed by atoms with van der Waals surface area (Å²) in [4.78, 5) is 15.6. The molecule has 0 radical (unpaired) electrons. The van der Waals surface area contributed by atoms with Gasteiger partial charge >= 0.3 is 5.97 Å². The maximum atomic E-state index is 14.7. The van der Waals surface area contributed by atoms with Crippen LogP contribution in [0.3, 0.4) is 0 Å². The first kappa shape index (κ1) is 12.0. The summed E-state index contributed by atoms with van der Waals surface area (Å²) in [6, 6.07) is 3.51. The number of carbonyl (C=O) groups is 1. The fraction of sp³-hybridized carbons (Fsp3) is 0.500. The third-order valence-electron chi connectivity index (χ3n) is 2.98. The predicted molar refractivity (Wildman–Crippen MR) is 60.3 cm³/mol. The van der Waals surface area contributed by atoms with Crippen molar-refractivity contribution in [2.24, 2.45) is 0 Å². The quantitative estimate of drug-likeness (QED) is 0.799. The number of nitrogens with zero attached hydrogens (tertiary/aromatic N) is 1. The zero-order valence-corrected chi connectivity index (χ0v) is 9.65. The van der Waals surface area contributed by atoms with Gasteiger partial charge in [-0.2, -0.15) is 0 Å². The molecule has 92 valence electrons. The van der Waals surface area contributed by atoms with E-state index < -0.39 is 17.6 Å². The first-order valence-corrected chi connectivity index (χ1v) is 5.65. The van der Waals surface area contributed by atoms with Crippen molar-refractivity contribution < 1.29 is 13.9 Å². The molecule has 2 heterocycles. The molecular weight excluding hydrogens is 223 g/mol. The molecule has 1 fully saturated rings. The van der Waals surface area contributed by atoms with Gasteiger partial charge in [0, 0.05) is 31.4 Å². The highest BCUT2D eigenvalue weighted by Crippen LogP contribution is 2.35. The molecule has 0 amide bonds. The van der Waals surface area contributed by atoms with Crippen LogP contribution in [0.2, 0.25) is 0 Å². The molecule has 0 bridgehead atoms. The first-order valence-electron chi connectivity index (χ1n) is 5.65. The second-order valence-electron chi connectivity index (χ2n) is 4.05. The number of rotatable bonds is 3. The van der Waals surface area contributed by atoms with Crippen molar-refractivity contribution in [3.05, 3.63) is 30.1 Å². The molecule has 1 aromatic heterocycles. The molecule has 2 rings (SSSR count). The molecule has 1 aliphatic heterocycles. The number of alkyl halides is 1. The number of halogens is 1. The third-order valence-corrected chi connectivity index (χ3v) is 2.98. The molecule has 17 heavy (non-hydrogen) atoms. The van der Waals surface area contributed by atoms with Gasteiger partial charge in [-0.3, -0.25) is 4.98 Å². The summed E-state index contributed by atoms with van der Waals surface area (Å²) in [5, 5.41) is 2.90. The van der Waals surface area contributed by atoms with Crippen molar-refractivity contribution in [1.82, 2.24) is 10.3 Å². The monoisotopic (exact) mass is 238 g/mol. The fourth-order valence-corrected chi connectivity index (χ4v) is 2.11. The maximum Gasteiger partial charge on any atom is 0.345 e. The van der Waals surface area contributed by atoms with Gasteiger partial charge in [-0.05, 0) is 18.6 Å². The second kappa shape index (κ2) is 4.79. The Morgan fingerprint density at radius 2 is 2.59 bits per heavy atom. The number of hydrogen-bond donors (Lipinski definition) is 1. The minimum absolute atomic E-state index is 0.00854. The average Bonchev–Trinajstić information content (AvgIpc) is 2.74. The van der Waals surface area contributed by atoms with Crippen LogP contribution in [0, 0.1) is 0 Å². The molecule has 1 aromatic rings. The van der Waals surface area contributed by atoms with E-state index in [0.29, 0.717) is 12.1 Å². The molecule has 0 aliphatic carbocycles. The van der Waals surface area contributed by atoms with E-state index >= 15 is 0 Å². The molecule has 1 saturated heterocycles. The van der Waals surface area contributed by atoms with Crippen LogP contribution >= 0.6 is 0 Å². The van der Waals surface area contributed by atoms with Crippen molar-refractivity contribution >= 4 is 5.97 Å². The van der Waals surface area contributed by atoms with Gasteiger partial charge in [-0.25, -0.2) is 9.18 Å². The van der Waals surface area contributed by atoms with Gasteiger partial charge in [-0.15, -0.1) is 0 Å². The summed E-state index contributed by atoms with van der Waals surface area (Å²) in [7, 11) is 0. The van der Waals surface area contributed by atoms with E-state index in [0.717, 1.165) is 0 Å². The Hall–Kier alpha value is -1.49. The molecule has 0 spiro atoms. The second-order valence-corrected chi connectivity index (χ2v) is 4.05. The lowest BCUT2D eigenvalue weighted by Crippen LogP contribution is -2.42. The zero-order valence-electron chi connectivity index (χ0n) is 9.65. The van der Waals surface area contributed by atoms with Crippen LogP contribution in [-0.4, -0.2) is 36.3 Å². The van der Waals surface area contributed by atoms with Gasteiger partial charge in [0.2, 0.25) is 5.67 Å². The molecular formula is C12H15FN2O2. The normalized spacial score (nSPS) is 28.0. The molecule has 1 N–H and O–H groups in total. The van der Waals surface area contributed by atoms with Crippen LogP contribution in [0.4, 0.5) is 4.39 Å². The highest BCUT2D eigenvalue weighted by Gasteiger charge is 2.52. The van der Waals surface area contributed by atoms with Crippen molar-refractivity contribution in [2.75, 3.05) is 19.7 Å². The number of carbonyl (C=O) groups excluding carboxylic acids is 1. The van der Waals surface area contributed by atoms with Gasteiger partial charge in [0.1, 0.15) is 0 Å². The smallest absolute Gasteiger partial charge is 0.345 e. The zero-order chi connectivity index (χ0) is 12.3. The SMILES string of the molecule is CCOC(=O)[C@@]1(F)CNC[C@@H]1c1cccnc1. The number of pyridine rings is 1. The minimum atomic E-state index is -1.99. The van der Waals surface area contributed by atoms with Crippen molar-refractivity contribution in [3.8, 4) is 0 Å². The Balaban J connectivity index is 2.25. The predicted octanol–water partition coefficient (Wildman–Crippen LogP) is 1.04. The third kappa shape index (κ3) is 2.15. The topological polar surface area (TPSA) is 51.2 Å². The van der Waals surface area contributed by atoms with E-state index in [1.165, 1.54) is 0 Å². The van der Waals surface area contributed by atoms with Crippen LogP contribution in [0.25, 0.3) is 0 Å². The summed E-state index contributed by atoms with van der Waals surface area (Å²) in [6.07, 6.45) is 3.21. The minimum Gasteiger partial charge on any atom is -0.464 e. The van der Waals surface area contributed by atoms with E-state index in [-0.39, 0.29) is 13.2 Å². The lowest BCUT2D eigenvalue weighted by atomic mass is 9.87. The summed E-state index contributed by atoms with van der Waals surface area (Å²) in [5.74, 6) is -1.32. The summed E-state index contributed by atoms with van der Waals surface area (Å²) in [6.45, 7) is 2.26. The van der Waals surface area contributed by atoms with Crippen LogP contribution in [-0.2, 0) is 9.53 Å².